The summed E-state index contributed by atoms with van der Waals surface area (Å²) in [6.45, 7) is 0. The van der Waals surface area contributed by atoms with Crippen LogP contribution in [-0.4, -0.2) is 28.0 Å². The predicted octanol–water partition coefficient (Wildman–Crippen LogP) is 0.939. The summed E-state index contributed by atoms with van der Waals surface area (Å²) in [5, 5.41) is 12.6. The van der Waals surface area contributed by atoms with Gasteiger partial charge in [-0.2, -0.15) is 9.78 Å². The molecule has 2 rings (SSSR count). The zero-order chi connectivity index (χ0) is 13.1. The molecule has 18 heavy (non-hydrogen) atoms. The second-order valence-electron chi connectivity index (χ2n) is 3.45. The third kappa shape index (κ3) is 2.08. The van der Waals surface area contributed by atoms with Crippen LogP contribution in [0.1, 0.15) is 10.5 Å². The molecule has 1 aromatic heterocycles. The van der Waals surface area contributed by atoms with Gasteiger partial charge in [-0.1, -0.05) is 12.1 Å². The minimum atomic E-state index is -1.20. The third-order valence-corrected chi connectivity index (χ3v) is 2.33. The number of hydrogen-bond acceptors (Lipinski definition) is 4. The van der Waals surface area contributed by atoms with Crippen molar-refractivity contribution in [1.82, 2.24) is 9.78 Å². The molecule has 92 valence electrons. The number of carboxylic acid groups (broad SMARTS) is 1. The van der Waals surface area contributed by atoms with Gasteiger partial charge in [0.25, 0.3) is 5.56 Å². The second-order valence-corrected chi connectivity index (χ2v) is 3.45. The normalized spacial score (nSPS) is 10.1. The lowest BCUT2D eigenvalue weighted by molar-refractivity contribution is 0.0688. The summed E-state index contributed by atoms with van der Waals surface area (Å²) in [7, 11) is 1.46. The van der Waals surface area contributed by atoms with E-state index in [2.05, 4.69) is 5.10 Å². The minimum Gasteiger partial charge on any atom is -0.494 e. The number of methoxy groups -OCH3 is 1. The fourth-order valence-electron chi connectivity index (χ4n) is 1.50. The van der Waals surface area contributed by atoms with Gasteiger partial charge in [-0.05, 0) is 18.2 Å². The van der Waals surface area contributed by atoms with Crippen LogP contribution in [0.4, 0.5) is 0 Å². The molecule has 2 aromatic rings. The molecular formula is C12H10N2O4. The molecule has 0 spiro atoms. The summed E-state index contributed by atoms with van der Waals surface area (Å²) in [6.07, 6.45) is 0. The average Bonchev–Trinajstić information content (AvgIpc) is 2.39. The smallest absolute Gasteiger partial charge is 0.356 e. The quantitative estimate of drug-likeness (QED) is 0.871. The van der Waals surface area contributed by atoms with E-state index in [1.54, 1.807) is 24.3 Å². The van der Waals surface area contributed by atoms with Gasteiger partial charge in [-0.15, -0.1) is 0 Å². The summed E-state index contributed by atoms with van der Waals surface area (Å²) in [5.74, 6) is -0.756. The number of aromatic nitrogens is 2. The molecule has 1 aromatic carbocycles. The van der Waals surface area contributed by atoms with Crippen LogP contribution in [0.25, 0.3) is 5.69 Å². The first-order valence-electron chi connectivity index (χ1n) is 5.10. The Morgan fingerprint density at radius 2 is 2.00 bits per heavy atom. The van der Waals surface area contributed by atoms with Crippen LogP contribution in [0, 0.1) is 0 Å². The lowest BCUT2D eigenvalue weighted by atomic mass is 10.3. The van der Waals surface area contributed by atoms with Gasteiger partial charge in [-0.25, -0.2) is 4.79 Å². The Balaban J connectivity index is 2.66. The Hall–Kier alpha value is -2.63. The van der Waals surface area contributed by atoms with Gasteiger partial charge >= 0.3 is 5.97 Å². The van der Waals surface area contributed by atoms with E-state index in [0.717, 1.165) is 16.8 Å². The van der Waals surface area contributed by atoms with Crippen molar-refractivity contribution in [2.45, 2.75) is 0 Å². The number of hydrogen-bond donors (Lipinski definition) is 1. The predicted molar refractivity (Wildman–Crippen MR) is 63.3 cm³/mol. The van der Waals surface area contributed by atoms with Gasteiger partial charge in [0, 0.05) is 6.07 Å². The molecule has 0 aliphatic heterocycles. The van der Waals surface area contributed by atoms with E-state index in [9.17, 15) is 9.59 Å². The topological polar surface area (TPSA) is 81.4 Å². The fraction of sp³-hybridized carbons (Fsp3) is 0.0833. The highest BCUT2D eigenvalue weighted by Gasteiger charge is 2.11. The molecule has 1 heterocycles. The monoisotopic (exact) mass is 246 g/mol. The molecule has 0 aliphatic rings. The summed E-state index contributed by atoms with van der Waals surface area (Å²) in [4.78, 5) is 22.6. The van der Waals surface area contributed by atoms with Crippen molar-refractivity contribution < 1.29 is 14.6 Å². The van der Waals surface area contributed by atoms with Crippen LogP contribution in [0.3, 0.4) is 0 Å². The third-order valence-electron chi connectivity index (χ3n) is 2.33. The lowest BCUT2D eigenvalue weighted by Crippen LogP contribution is -2.23. The number of carboxylic acids is 1. The Morgan fingerprint density at radius 1 is 1.28 bits per heavy atom. The highest BCUT2D eigenvalue weighted by molar-refractivity contribution is 5.84. The van der Waals surface area contributed by atoms with Crippen molar-refractivity contribution in [3.63, 3.8) is 0 Å². The molecule has 0 bridgehead atoms. The molecule has 0 saturated carbocycles. The number of para-hydroxylation sites is 2. The molecule has 0 atom stereocenters. The first kappa shape index (κ1) is 11.8. The van der Waals surface area contributed by atoms with Crippen LogP contribution >= 0.6 is 0 Å². The summed E-state index contributed by atoms with van der Waals surface area (Å²) >= 11 is 0. The highest BCUT2D eigenvalue weighted by Crippen LogP contribution is 2.19. The zero-order valence-corrected chi connectivity index (χ0v) is 9.53. The molecule has 6 nitrogen and oxygen atoms in total. The Kier molecular flexibility index (Phi) is 3.09. The second kappa shape index (κ2) is 4.70. The van der Waals surface area contributed by atoms with Crippen LogP contribution in [-0.2, 0) is 0 Å². The molecule has 0 radical (unpaired) electrons. The Bertz CT molecular complexity index is 649. The maximum absolute atomic E-state index is 11.7. The largest absolute Gasteiger partial charge is 0.494 e. The van der Waals surface area contributed by atoms with Crippen molar-refractivity contribution >= 4 is 5.97 Å². The van der Waals surface area contributed by atoms with Crippen LogP contribution < -0.4 is 10.3 Å². The number of benzene rings is 1. The summed E-state index contributed by atoms with van der Waals surface area (Å²) in [5.41, 5.74) is -0.238. The van der Waals surface area contributed by atoms with Crippen LogP contribution in [0.15, 0.2) is 41.2 Å². The van der Waals surface area contributed by atoms with Crippen LogP contribution in [0.2, 0.25) is 0 Å². The van der Waals surface area contributed by atoms with Gasteiger partial charge in [0.05, 0.1) is 7.11 Å². The highest BCUT2D eigenvalue weighted by atomic mass is 16.5. The van der Waals surface area contributed by atoms with E-state index in [1.165, 1.54) is 7.11 Å². The number of nitrogens with zero attached hydrogens (tertiary/aromatic N) is 2. The van der Waals surface area contributed by atoms with E-state index in [0.29, 0.717) is 11.4 Å². The molecule has 1 N–H and O–H groups in total. The number of rotatable bonds is 3. The number of aromatic carboxylic acids is 1. The zero-order valence-electron chi connectivity index (χ0n) is 9.53. The van der Waals surface area contributed by atoms with Crippen LogP contribution in [0.5, 0.6) is 5.75 Å². The molecule has 0 aliphatic carbocycles. The number of carbonyl (C=O) groups is 1. The molecule has 6 heteroatoms. The van der Waals surface area contributed by atoms with Crippen molar-refractivity contribution in [3.05, 3.63) is 52.4 Å². The van der Waals surface area contributed by atoms with E-state index < -0.39 is 11.5 Å². The summed E-state index contributed by atoms with van der Waals surface area (Å²) in [6, 6.07) is 9.06. The molecule has 0 amide bonds. The first-order chi connectivity index (χ1) is 8.63. The van der Waals surface area contributed by atoms with Crippen molar-refractivity contribution in [2.75, 3.05) is 7.11 Å². The van der Waals surface area contributed by atoms with Gasteiger partial charge in [0.2, 0.25) is 0 Å². The van der Waals surface area contributed by atoms with E-state index in [-0.39, 0.29) is 5.69 Å². The maximum Gasteiger partial charge on any atom is 0.356 e. The minimum absolute atomic E-state index is 0.208. The molecule has 0 unspecified atom stereocenters. The number of ether oxygens (including phenoxy) is 1. The Labute approximate surface area is 102 Å². The maximum atomic E-state index is 11.7. The average molecular weight is 246 g/mol. The SMILES string of the molecule is COc1ccccc1-n1nc(C(=O)O)ccc1=O. The summed E-state index contributed by atoms with van der Waals surface area (Å²) < 4.78 is 6.11. The van der Waals surface area contributed by atoms with Crippen molar-refractivity contribution in [3.8, 4) is 11.4 Å². The van der Waals surface area contributed by atoms with E-state index in [4.69, 9.17) is 9.84 Å². The fourth-order valence-corrected chi connectivity index (χ4v) is 1.50. The molecule has 0 saturated heterocycles. The molecular weight excluding hydrogens is 236 g/mol. The van der Waals surface area contributed by atoms with Gasteiger partial charge in [0.15, 0.2) is 5.69 Å². The van der Waals surface area contributed by atoms with Crippen molar-refractivity contribution in [2.24, 2.45) is 0 Å². The van der Waals surface area contributed by atoms with Gasteiger partial charge < -0.3 is 9.84 Å². The Morgan fingerprint density at radius 3 is 2.67 bits per heavy atom. The molecule has 0 fully saturated rings. The lowest BCUT2D eigenvalue weighted by Gasteiger charge is -2.09. The first-order valence-corrected chi connectivity index (χ1v) is 5.10. The van der Waals surface area contributed by atoms with Gasteiger partial charge in [-0.3, -0.25) is 4.79 Å². The standard InChI is InChI=1S/C12H10N2O4/c1-18-10-5-3-2-4-9(10)14-11(15)7-6-8(13-14)12(16)17/h2-7H,1H3,(H,16,17). The van der Waals surface area contributed by atoms with E-state index in [1.807, 2.05) is 0 Å². The van der Waals surface area contributed by atoms with E-state index >= 15 is 0 Å². The van der Waals surface area contributed by atoms with Gasteiger partial charge in [0.1, 0.15) is 11.4 Å². The van der Waals surface area contributed by atoms with Crippen molar-refractivity contribution in [1.29, 1.82) is 0 Å².